The van der Waals surface area contributed by atoms with E-state index in [1.807, 2.05) is 0 Å². The van der Waals surface area contributed by atoms with E-state index in [0.29, 0.717) is 28.6 Å². The Kier molecular flexibility index (Phi) is 8.20. The standard InChI is InChI=1S/C21H23N3O5/c1-15(25)23-16-7-6-8-18(11-16)29-10-5-4-9-22-21(26)24-17-12-19(27-2)14-20(13-17)28-3/h6-8,11-14H,9-10H2,1-3H3,(H,23,25)(H2,22,24,26). The molecule has 0 spiro atoms. The smallest absolute Gasteiger partial charge is 0.319 e. The second-order valence-electron chi connectivity index (χ2n) is 5.76. The maximum atomic E-state index is 12.0. The Morgan fingerprint density at radius 2 is 1.59 bits per heavy atom. The molecule has 8 heteroatoms. The van der Waals surface area contributed by atoms with Crippen molar-refractivity contribution in [2.24, 2.45) is 0 Å². The fraction of sp³-hybridized carbons (Fsp3) is 0.238. The number of urea groups is 1. The van der Waals surface area contributed by atoms with Crippen LogP contribution in [-0.4, -0.2) is 39.3 Å². The lowest BCUT2D eigenvalue weighted by molar-refractivity contribution is -0.114. The van der Waals surface area contributed by atoms with Gasteiger partial charge in [0.25, 0.3) is 0 Å². The van der Waals surface area contributed by atoms with Crippen molar-refractivity contribution in [3.8, 4) is 29.1 Å². The van der Waals surface area contributed by atoms with Crippen LogP contribution < -0.4 is 30.2 Å². The van der Waals surface area contributed by atoms with Gasteiger partial charge < -0.3 is 30.2 Å². The summed E-state index contributed by atoms with van der Waals surface area (Å²) in [6, 6.07) is 11.7. The van der Waals surface area contributed by atoms with Crippen molar-refractivity contribution in [1.82, 2.24) is 5.32 Å². The van der Waals surface area contributed by atoms with E-state index in [2.05, 4.69) is 27.8 Å². The minimum Gasteiger partial charge on any atom is -0.497 e. The van der Waals surface area contributed by atoms with E-state index in [4.69, 9.17) is 14.2 Å². The molecule has 0 fully saturated rings. The molecule has 29 heavy (non-hydrogen) atoms. The molecule has 2 aromatic carbocycles. The summed E-state index contributed by atoms with van der Waals surface area (Å²) in [5.41, 5.74) is 1.18. The quantitative estimate of drug-likeness (QED) is 0.624. The number of rotatable bonds is 7. The summed E-state index contributed by atoms with van der Waals surface area (Å²) in [6.45, 7) is 1.75. The van der Waals surface area contributed by atoms with E-state index in [9.17, 15) is 9.59 Å². The van der Waals surface area contributed by atoms with Crippen LogP contribution in [0.5, 0.6) is 17.2 Å². The molecule has 0 atom stereocenters. The van der Waals surface area contributed by atoms with Crippen LogP contribution >= 0.6 is 0 Å². The van der Waals surface area contributed by atoms with Gasteiger partial charge in [0.1, 0.15) is 23.9 Å². The van der Waals surface area contributed by atoms with E-state index in [1.54, 1.807) is 42.5 Å². The van der Waals surface area contributed by atoms with E-state index in [-0.39, 0.29) is 19.1 Å². The van der Waals surface area contributed by atoms with Crippen molar-refractivity contribution in [2.45, 2.75) is 6.92 Å². The Hall–Kier alpha value is -3.86. The van der Waals surface area contributed by atoms with Gasteiger partial charge in [0.15, 0.2) is 0 Å². The number of methoxy groups -OCH3 is 2. The summed E-state index contributed by atoms with van der Waals surface area (Å²) in [6.07, 6.45) is 0. The van der Waals surface area contributed by atoms with Gasteiger partial charge in [0.2, 0.25) is 5.91 Å². The molecule has 0 saturated heterocycles. The van der Waals surface area contributed by atoms with Crippen LogP contribution in [0.4, 0.5) is 16.2 Å². The van der Waals surface area contributed by atoms with Crippen molar-refractivity contribution in [3.63, 3.8) is 0 Å². The Balaban J connectivity index is 1.76. The van der Waals surface area contributed by atoms with Crippen LogP contribution in [-0.2, 0) is 4.79 Å². The summed E-state index contributed by atoms with van der Waals surface area (Å²) >= 11 is 0. The lowest BCUT2D eigenvalue weighted by Gasteiger charge is -2.09. The van der Waals surface area contributed by atoms with Crippen LogP contribution in [0, 0.1) is 11.8 Å². The predicted molar refractivity (Wildman–Crippen MR) is 111 cm³/mol. The van der Waals surface area contributed by atoms with Gasteiger partial charge in [-0.05, 0) is 12.1 Å². The molecule has 0 saturated carbocycles. The number of hydrogen-bond acceptors (Lipinski definition) is 5. The summed E-state index contributed by atoms with van der Waals surface area (Å²) in [7, 11) is 3.07. The second-order valence-corrected chi connectivity index (χ2v) is 5.76. The van der Waals surface area contributed by atoms with Crippen molar-refractivity contribution < 1.29 is 23.8 Å². The monoisotopic (exact) mass is 397 g/mol. The van der Waals surface area contributed by atoms with Gasteiger partial charge in [-0.25, -0.2) is 4.79 Å². The Labute approximate surface area is 169 Å². The molecule has 3 amide bonds. The normalized spacial score (nSPS) is 9.48. The summed E-state index contributed by atoms with van der Waals surface area (Å²) in [5, 5.41) is 7.99. The van der Waals surface area contributed by atoms with Gasteiger partial charge >= 0.3 is 6.03 Å². The van der Waals surface area contributed by atoms with Crippen molar-refractivity contribution in [3.05, 3.63) is 42.5 Å². The van der Waals surface area contributed by atoms with Gasteiger partial charge in [-0.3, -0.25) is 4.79 Å². The van der Waals surface area contributed by atoms with E-state index in [0.717, 1.165) is 0 Å². The second kappa shape index (κ2) is 11.1. The molecule has 0 unspecified atom stereocenters. The fourth-order valence-corrected chi connectivity index (χ4v) is 2.28. The van der Waals surface area contributed by atoms with E-state index < -0.39 is 6.03 Å². The fourth-order valence-electron chi connectivity index (χ4n) is 2.28. The highest BCUT2D eigenvalue weighted by molar-refractivity contribution is 5.90. The minimum atomic E-state index is -0.404. The van der Waals surface area contributed by atoms with Crippen molar-refractivity contribution in [1.29, 1.82) is 0 Å². The molecule has 0 aromatic heterocycles. The zero-order chi connectivity index (χ0) is 21.1. The molecule has 0 bridgehead atoms. The average Bonchev–Trinajstić information content (AvgIpc) is 2.70. The lowest BCUT2D eigenvalue weighted by atomic mass is 10.3. The number of anilines is 2. The van der Waals surface area contributed by atoms with E-state index >= 15 is 0 Å². The molecule has 0 heterocycles. The highest BCUT2D eigenvalue weighted by atomic mass is 16.5. The third-order valence-electron chi connectivity index (χ3n) is 3.54. The lowest BCUT2D eigenvalue weighted by Crippen LogP contribution is -2.29. The number of amides is 3. The maximum absolute atomic E-state index is 12.0. The highest BCUT2D eigenvalue weighted by Gasteiger charge is 2.05. The Bertz CT molecular complexity index is 896. The van der Waals surface area contributed by atoms with Crippen LogP contribution in [0.25, 0.3) is 0 Å². The topological polar surface area (TPSA) is 97.9 Å². The van der Waals surface area contributed by atoms with Crippen LogP contribution in [0.1, 0.15) is 6.92 Å². The molecule has 152 valence electrons. The molecule has 3 N–H and O–H groups in total. The van der Waals surface area contributed by atoms with Gasteiger partial charge in [-0.1, -0.05) is 17.9 Å². The van der Waals surface area contributed by atoms with Gasteiger partial charge in [-0.2, -0.15) is 0 Å². The largest absolute Gasteiger partial charge is 0.497 e. The molecule has 0 radical (unpaired) electrons. The van der Waals surface area contributed by atoms with Crippen LogP contribution in [0.15, 0.2) is 42.5 Å². The molecule has 2 rings (SSSR count). The number of hydrogen-bond donors (Lipinski definition) is 3. The molecular formula is C21H23N3O5. The summed E-state index contributed by atoms with van der Waals surface area (Å²) in [4.78, 5) is 23.0. The first-order valence-corrected chi connectivity index (χ1v) is 8.74. The first kappa shape index (κ1) is 21.4. The molecule has 2 aromatic rings. The molecular weight excluding hydrogens is 374 g/mol. The van der Waals surface area contributed by atoms with Crippen LogP contribution in [0.2, 0.25) is 0 Å². The molecule has 8 nitrogen and oxygen atoms in total. The molecule has 0 aliphatic rings. The molecule has 0 aliphatic heterocycles. The summed E-state index contributed by atoms with van der Waals surface area (Å²) < 4.78 is 15.8. The first-order chi connectivity index (χ1) is 14.0. The number of ether oxygens (including phenoxy) is 3. The predicted octanol–water partition coefficient (Wildman–Crippen LogP) is 2.87. The van der Waals surface area contributed by atoms with Gasteiger partial charge in [0.05, 0.1) is 20.8 Å². The number of carbonyl (C=O) groups excluding carboxylic acids is 2. The number of benzene rings is 2. The zero-order valence-corrected chi connectivity index (χ0v) is 16.5. The average molecular weight is 397 g/mol. The van der Waals surface area contributed by atoms with Crippen molar-refractivity contribution >= 4 is 23.3 Å². The van der Waals surface area contributed by atoms with Gasteiger partial charge in [0, 0.05) is 42.6 Å². The minimum absolute atomic E-state index is 0.153. The van der Waals surface area contributed by atoms with Crippen LogP contribution in [0.3, 0.4) is 0 Å². The SMILES string of the molecule is COc1cc(NC(=O)NCC#CCOc2cccc(NC(C)=O)c2)cc(OC)c1. The highest BCUT2D eigenvalue weighted by Crippen LogP contribution is 2.25. The van der Waals surface area contributed by atoms with Gasteiger partial charge in [-0.15, -0.1) is 0 Å². The zero-order valence-electron chi connectivity index (χ0n) is 16.5. The third kappa shape index (κ3) is 7.72. The molecule has 0 aliphatic carbocycles. The van der Waals surface area contributed by atoms with E-state index in [1.165, 1.54) is 21.1 Å². The Morgan fingerprint density at radius 3 is 2.24 bits per heavy atom. The Morgan fingerprint density at radius 1 is 0.897 bits per heavy atom. The van der Waals surface area contributed by atoms with Crippen molar-refractivity contribution in [2.75, 3.05) is 38.0 Å². The number of nitrogens with one attached hydrogen (secondary N) is 3. The first-order valence-electron chi connectivity index (χ1n) is 8.74. The maximum Gasteiger partial charge on any atom is 0.319 e. The summed E-state index contributed by atoms with van der Waals surface area (Å²) in [5.74, 6) is 7.18. The third-order valence-corrected chi connectivity index (χ3v) is 3.54. The number of carbonyl (C=O) groups is 2.